The molecule has 1 unspecified atom stereocenters. The van der Waals surface area contributed by atoms with E-state index in [-0.39, 0.29) is 12.0 Å². The smallest absolute Gasteiger partial charge is 0.225 e. The van der Waals surface area contributed by atoms with E-state index in [2.05, 4.69) is 9.88 Å². The van der Waals surface area contributed by atoms with Crippen LogP contribution in [0.15, 0.2) is 5.38 Å². The van der Waals surface area contributed by atoms with Crippen molar-refractivity contribution in [3.05, 3.63) is 11.1 Å². The van der Waals surface area contributed by atoms with E-state index in [0.29, 0.717) is 19.7 Å². The molecule has 1 amide bonds. The lowest BCUT2D eigenvalue weighted by Gasteiger charge is -2.31. The molecular formula is C13H22N4O2S. The molecule has 2 rings (SSSR count). The van der Waals surface area contributed by atoms with E-state index in [0.717, 1.165) is 30.5 Å². The van der Waals surface area contributed by atoms with E-state index in [9.17, 15) is 4.79 Å². The second-order valence-corrected chi connectivity index (χ2v) is 5.68. The van der Waals surface area contributed by atoms with Crippen molar-refractivity contribution in [2.45, 2.75) is 26.5 Å². The van der Waals surface area contributed by atoms with Gasteiger partial charge in [0, 0.05) is 45.0 Å². The zero-order valence-electron chi connectivity index (χ0n) is 12.0. The third-order valence-electron chi connectivity index (χ3n) is 3.34. The van der Waals surface area contributed by atoms with Crippen LogP contribution in [0.2, 0.25) is 0 Å². The first-order valence-corrected chi connectivity index (χ1v) is 7.78. The quantitative estimate of drug-likeness (QED) is 0.865. The van der Waals surface area contributed by atoms with Gasteiger partial charge >= 0.3 is 0 Å². The van der Waals surface area contributed by atoms with Gasteiger partial charge in [-0.05, 0) is 6.92 Å². The summed E-state index contributed by atoms with van der Waals surface area (Å²) in [5, 5.41) is 2.80. The maximum atomic E-state index is 11.5. The summed E-state index contributed by atoms with van der Waals surface area (Å²) in [6.07, 6.45) is 0.117. The number of carbonyl (C=O) groups excluding carboxylic acids is 1. The summed E-state index contributed by atoms with van der Waals surface area (Å²) < 4.78 is 5.55. The molecule has 0 aromatic carbocycles. The minimum absolute atomic E-state index is 0.0305. The molecule has 0 spiro atoms. The normalized spacial score (nSPS) is 20.1. The van der Waals surface area contributed by atoms with E-state index >= 15 is 0 Å². The Morgan fingerprint density at radius 3 is 3.15 bits per heavy atom. The van der Waals surface area contributed by atoms with Gasteiger partial charge in [0.05, 0.1) is 18.4 Å². The zero-order chi connectivity index (χ0) is 14.5. The molecule has 0 aliphatic carbocycles. The topological polar surface area (TPSA) is 71.7 Å². The van der Waals surface area contributed by atoms with Crippen molar-refractivity contribution in [3.8, 4) is 0 Å². The Kier molecular flexibility index (Phi) is 5.47. The lowest BCUT2D eigenvalue weighted by atomic mass is 10.2. The molecule has 0 radical (unpaired) electrons. The lowest BCUT2D eigenvalue weighted by molar-refractivity contribution is -0.116. The largest absolute Gasteiger partial charge is 0.374 e. The van der Waals surface area contributed by atoms with Crippen LogP contribution < -0.4 is 10.6 Å². The van der Waals surface area contributed by atoms with E-state index in [1.807, 2.05) is 12.3 Å². The molecule has 112 valence electrons. The van der Waals surface area contributed by atoms with Crippen molar-refractivity contribution in [1.82, 2.24) is 9.88 Å². The maximum Gasteiger partial charge on any atom is 0.225 e. The van der Waals surface area contributed by atoms with Gasteiger partial charge in [0.1, 0.15) is 0 Å². The highest BCUT2D eigenvalue weighted by atomic mass is 32.1. The number of hydrogen-bond acceptors (Lipinski definition) is 6. The Balaban J connectivity index is 1.97. The molecule has 1 aromatic rings. The highest BCUT2D eigenvalue weighted by molar-refractivity contribution is 7.14. The van der Waals surface area contributed by atoms with Crippen LogP contribution in [0.1, 0.15) is 19.5 Å². The molecular weight excluding hydrogens is 276 g/mol. The van der Waals surface area contributed by atoms with Gasteiger partial charge < -0.3 is 10.5 Å². The van der Waals surface area contributed by atoms with Crippen molar-refractivity contribution in [2.75, 3.05) is 37.7 Å². The van der Waals surface area contributed by atoms with Crippen LogP contribution in [0.3, 0.4) is 0 Å². The van der Waals surface area contributed by atoms with Gasteiger partial charge in [-0.25, -0.2) is 4.98 Å². The fraction of sp³-hybridized carbons (Fsp3) is 0.692. The van der Waals surface area contributed by atoms with Crippen LogP contribution >= 0.6 is 11.3 Å². The van der Waals surface area contributed by atoms with E-state index in [4.69, 9.17) is 10.5 Å². The van der Waals surface area contributed by atoms with E-state index in [1.165, 1.54) is 11.3 Å². The number of nitrogens with zero attached hydrogens (tertiary/aromatic N) is 3. The summed E-state index contributed by atoms with van der Waals surface area (Å²) in [4.78, 5) is 20.1. The molecule has 1 atom stereocenters. The molecule has 1 saturated heterocycles. The highest BCUT2D eigenvalue weighted by Crippen LogP contribution is 2.22. The van der Waals surface area contributed by atoms with Crippen molar-refractivity contribution in [3.63, 3.8) is 0 Å². The third kappa shape index (κ3) is 3.76. The number of carbonyl (C=O) groups is 1. The van der Waals surface area contributed by atoms with Crippen LogP contribution in [-0.4, -0.2) is 54.7 Å². The summed E-state index contributed by atoms with van der Waals surface area (Å²) in [5.74, 6) is 0.0305. The number of thiazole rings is 1. The minimum atomic E-state index is 0.0305. The molecule has 2 heterocycles. The Morgan fingerprint density at radius 2 is 2.50 bits per heavy atom. The molecule has 1 aliphatic rings. The first-order chi connectivity index (χ1) is 9.63. The first-order valence-electron chi connectivity index (χ1n) is 6.90. The molecule has 0 saturated carbocycles. The summed E-state index contributed by atoms with van der Waals surface area (Å²) in [6, 6.07) is 0. The molecule has 1 aromatic heterocycles. The van der Waals surface area contributed by atoms with Crippen LogP contribution in [-0.2, 0) is 16.1 Å². The SMILES string of the molecule is CCN(C(C)=O)c1nc(CN2CCOC(CN)C2)cs1. The lowest BCUT2D eigenvalue weighted by Crippen LogP contribution is -2.45. The molecule has 0 bridgehead atoms. The molecule has 6 nitrogen and oxygen atoms in total. The van der Waals surface area contributed by atoms with Gasteiger partial charge in [0.2, 0.25) is 5.91 Å². The molecule has 1 aliphatic heterocycles. The number of nitrogens with two attached hydrogens (primary N) is 1. The van der Waals surface area contributed by atoms with Crippen molar-refractivity contribution < 1.29 is 9.53 Å². The van der Waals surface area contributed by atoms with Gasteiger partial charge in [0.15, 0.2) is 5.13 Å². The monoisotopic (exact) mass is 298 g/mol. The Hall–Kier alpha value is -1.02. The van der Waals surface area contributed by atoms with Crippen LogP contribution in [0.4, 0.5) is 5.13 Å². The summed E-state index contributed by atoms with van der Waals surface area (Å²) >= 11 is 1.52. The second-order valence-electron chi connectivity index (χ2n) is 4.85. The highest BCUT2D eigenvalue weighted by Gasteiger charge is 2.20. The fourth-order valence-electron chi connectivity index (χ4n) is 2.28. The van der Waals surface area contributed by atoms with Gasteiger partial charge in [-0.1, -0.05) is 0 Å². The van der Waals surface area contributed by atoms with Crippen molar-refractivity contribution in [1.29, 1.82) is 0 Å². The van der Waals surface area contributed by atoms with Gasteiger partial charge in [0.25, 0.3) is 0 Å². The summed E-state index contributed by atoms with van der Waals surface area (Å²) in [5.41, 5.74) is 6.65. The van der Waals surface area contributed by atoms with Crippen LogP contribution in [0.5, 0.6) is 0 Å². The Bertz CT molecular complexity index is 451. The van der Waals surface area contributed by atoms with Gasteiger partial charge in [-0.3, -0.25) is 14.6 Å². The van der Waals surface area contributed by atoms with E-state index < -0.39 is 0 Å². The van der Waals surface area contributed by atoms with Crippen molar-refractivity contribution in [2.24, 2.45) is 5.73 Å². The van der Waals surface area contributed by atoms with Gasteiger partial charge in [-0.15, -0.1) is 11.3 Å². The predicted molar refractivity (Wildman–Crippen MR) is 79.9 cm³/mol. The summed E-state index contributed by atoms with van der Waals surface area (Å²) in [6.45, 7) is 7.96. The average molecular weight is 298 g/mol. The van der Waals surface area contributed by atoms with Crippen LogP contribution in [0.25, 0.3) is 0 Å². The van der Waals surface area contributed by atoms with E-state index in [1.54, 1.807) is 11.8 Å². The second kappa shape index (κ2) is 7.12. The summed E-state index contributed by atoms with van der Waals surface area (Å²) in [7, 11) is 0. The number of anilines is 1. The fourth-order valence-corrected chi connectivity index (χ4v) is 3.20. The molecule has 20 heavy (non-hydrogen) atoms. The number of hydrogen-bond donors (Lipinski definition) is 1. The number of aromatic nitrogens is 1. The van der Waals surface area contributed by atoms with Crippen LogP contribution in [0, 0.1) is 0 Å². The predicted octanol–water partition coefficient (Wildman–Crippen LogP) is 0.675. The minimum Gasteiger partial charge on any atom is -0.374 e. The van der Waals surface area contributed by atoms with Gasteiger partial charge in [-0.2, -0.15) is 0 Å². The molecule has 1 fully saturated rings. The standard InChI is InChI=1S/C13H22N4O2S/c1-3-17(10(2)18)13-15-11(9-20-13)7-16-4-5-19-12(6-14)8-16/h9,12H,3-8,14H2,1-2H3. The average Bonchev–Trinajstić information content (AvgIpc) is 2.87. The molecule has 7 heteroatoms. The first kappa shape index (κ1) is 15.4. The number of amides is 1. The number of rotatable bonds is 5. The maximum absolute atomic E-state index is 11.5. The van der Waals surface area contributed by atoms with Crippen molar-refractivity contribution >= 4 is 22.4 Å². The number of morpholine rings is 1. The third-order valence-corrected chi connectivity index (χ3v) is 4.25. The number of ether oxygens (including phenoxy) is 1. The Labute approximate surface area is 123 Å². The Morgan fingerprint density at radius 1 is 1.70 bits per heavy atom. The molecule has 2 N–H and O–H groups in total. The zero-order valence-corrected chi connectivity index (χ0v) is 12.9.